The molecule has 0 fully saturated rings. The highest BCUT2D eigenvalue weighted by Gasteiger charge is 2.37. The van der Waals surface area contributed by atoms with Gasteiger partial charge in [0.2, 0.25) is 65.0 Å². The van der Waals surface area contributed by atoms with Crippen LogP contribution in [0, 0.1) is 17.8 Å². The molecule has 0 radical (unpaired) electrons. The molecule has 11 amide bonds. The maximum absolute atomic E-state index is 14.2. The van der Waals surface area contributed by atoms with Crippen LogP contribution in [0.1, 0.15) is 99.5 Å². The first kappa shape index (κ1) is 65.1. The molecule has 28 nitrogen and oxygen atoms in total. The van der Waals surface area contributed by atoms with Gasteiger partial charge in [-0.05, 0) is 55.7 Å². The first-order valence-electron chi connectivity index (χ1n) is 24.2. The van der Waals surface area contributed by atoms with Crippen LogP contribution in [0.5, 0.6) is 5.75 Å². The highest BCUT2D eigenvalue weighted by molar-refractivity contribution is 5.99. The number of hydrogen-bond acceptors (Lipinski definition) is 15. The second-order valence-electron chi connectivity index (χ2n) is 18.5. The van der Waals surface area contributed by atoms with Crippen molar-refractivity contribution in [2.75, 3.05) is 6.54 Å². The highest BCUT2D eigenvalue weighted by Crippen LogP contribution is 2.15. The van der Waals surface area contributed by atoms with Crippen molar-refractivity contribution in [3.8, 4) is 5.75 Å². The number of aromatic hydroxyl groups is 1. The van der Waals surface area contributed by atoms with Crippen LogP contribution in [0.2, 0.25) is 0 Å². The second-order valence-corrected chi connectivity index (χ2v) is 18.5. The van der Waals surface area contributed by atoms with Gasteiger partial charge in [-0.15, -0.1) is 0 Å². The van der Waals surface area contributed by atoms with E-state index in [1.54, 1.807) is 41.5 Å². The Balaban J connectivity index is 3.42. The molecule has 75 heavy (non-hydrogen) atoms. The van der Waals surface area contributed by atoms with E-state index in [0.29, 0.717) is 5.56 Å². The second kappa shape index (κ2) is 31.6. The van der Waals surface area contributed by atoms with Crippen LogP contribution in [0.4, 0.5) is 0 Å². The van der Waals surface area contributed by atoms with Gasteiger partial charge in [0.1, 0.15) is 60.6 Å². The number of primary amides is 2. The van der Waals surface area contributed by atoms with Crippen LogP contribution in [-0.2, 0) is 68.7 Å². The first-order chi connectivity index (χ1) is 34.9. The van der Waals surface area contributed by atoms with E-state index in [-0.39, 0.29) is 43.8 Å². The van der Waals surface area contributed by atoms with Crippen molar-refractivity contribution in [1.29, 1.82) is 0 Å². The van der Waals surface area contributed by atoms with E-state index in [0.717, 1.165) is 0 Å². The molecular formula is C47H74N12O16. The average molecular weight is 1060 g/mol. The first-order valence-corrected chi connectivity index (χ1v) is 24.2. The van der Waals surface area contributed by atoms with E-state index >= 15 is 0 Å². The zero-order valence-electron chi connectivity index (χ0n) is 43.3. The molecular weight excluding hydrogens is 989 g/mol. The molecule has 0 aliphatic carbocycles. The molecule has 0 bridgehead atoms. The molecule has 0 saturated carbocycles. The number of phenolic OH excluding ortho intramolecular Hbond substituents is 1. The summed E-state index contributed by atoms with van der Waals surface area (Å²) in [5.41, 5.74) is 16.7. The summed E-state index contributed by atoms with van der Waals surface area (Å²) < 4.78 is 0. The van der Waals surface area contributed by atoms with Gasteiger partial charge in [-0.2, -0.15) is 0 Å². The molecule has 1 aromatic carbocycles. The minimum Gasteiger partial charge on any atom is -0.508 e. The summed E-state index contributed by atoms with van der Waals surface area (Å²) in [6.07, 6.45) is -2.20. The number of amides is 11. The van der Waals surface area contributed by atoms with Crippen molar-refractivity contribution in [1.82, 2.24) is 47.9 Å². The summed E-state index contributed by atoms with van der Waals surface area (Å²) in [7, 11) is 0. The quantitative estimate of drug-likeness (QED) is 0.0317. The van der Waals surface area contributed by atoms with E-state index in [1.807, 2.05) is 5.32 Å². The van der Waals surface area contributed by atoms with Crippen LogP contribution in [0.3, 0.4) is 0 Å². The maximum Gasteiger partial charge on any atom is 0.322 e. The van der Waals surface area contributed by atoms with Crippen molar-refractivity contribution < 1.29 is 77.6 Å². The summed E-state index contributed by atoms with van der Waals surface area (Å²) >= 11 is 0. The Hall–Kier alpha value is -7.91. The number of phenols is 1. The summed E-state index contributed by atoms with van der Waals surface area (Å²) in [6.45, 7) is 11.4. The van der Waals surface area contributed by atoms with E-state index < -0.39 is 163 Å². The van der Waals surface area contributed by atoms with Crippen LogP contribution >= 0.6 is 0 Å². The highest BCUT2D eigenvalue weighted by atomic mass is 16.4. The third-order valence-corrected chi connectivity index (χ3v) is 11.9. The Morgan fingerprint density at radius 3 is 1.37 bits per heavy atom. The van der Waals surface area contributed by atoms with Gasteiger partial charge in [0.05, 0.1) is 18.9 Å². The molecule has 28 heteroatoms. The number of nitrogens with one attached hydrogen (secondary N) is 9. The van der Waals surface area contributed by atoms with E-state index in [4.69, 9.17) is 22.3 Å². The lowest BCUT2D eigenvalue weighted by atomic mass is 9.96. The molecule has 1 aromatic rings. The third-order valence-electron chi connectivity index (χ3n) is 11.9. The predicted octanol–water partition coefficient (Wildman–Crippen LogP) is -4.26. The number of rotatable bonds is 33. The number of nitrogens with two attached hydrogens (primary N) is 3. The molecule has 0 aliphatic heterocycles. The fraction of sp³-hybridized carbons (Fsp3) is 0.596. The SMILES string of the molecule is CCC(C)C(NC(=O)C(C)NC(=O)C(C)NC(=O)C(CCC(N)=O)NC(=O)C(N)C(C)C)C(=O)NC(CC(=O)O)C(=O)NC(Cc1ccc(O)cc1)C(=O)NC(C(=O)NC(CC(N)=O)C(=O)NCC(=O)O)C(C)CC. The van der Waals surface area contributed by atoms with Crippen LogP contribution in [0.15, 0.2) is 24.3 Å². The van der Waals surface area contributed by atoms with Crippen molar-refractivity contribution in [2.24, 2.45) is 35.0 Å². The van der Waals surface area contributed by atoms with E-state index in [2.05, 4.69) is 42.5 Å². The molecule has 18 N–H and O–H groups in total. The number of carbonyl (C=O) groups is 13. The zero-order chi connectivity index (χ0) is 57.4. The lowest BCUT2D eigenvalue weighted by Gasteiger charge is -2.29. The van der Waals surface area contributed by atoms with Gasteiger partial charge in [-0.1, -0.05) is 66.5 Å². The van der Waals surface area contributed by atoms with Gasteiger partial charge in [0.25, 0.3) is 0 Å². The van der Waals surface area contributed by atoms with Crippen molar-refractivity contribution in [3.63, 3.8) is 0 Å². The van der Waals surface area contributed by atoms with Gasteiger partial charge >= 0.3 is 11.9 Å². The molecule has 0 spiro atoms. The maximum atomic E-state index is 14.2. The van der Waals surface area contributed by atoms with Crippen LogP contribution < -0.4 is 65.1 Å². The minimum atomic E-state index is -1.92. The molecule has 0 saturated heterocycles. The molecule has 0 aliphatic rings. The van der Waals surface area contributed by atoms with Crippen molar-refractivity contribution >= 4 is 76.9 Å². The molecule has 11 unspecified atom stereocenters. The Bertz CT molecular complexity index is 2230. The minimum absolute atomic E-state index is 0.156. The Kier molecular flexibility index (Phi) is 27.5. The van der Waals surface area contributed by atoms with Gasteiger partial charge in [0, 0.05) is 12.8 Å². The van der Waals surface area contributed by atoms with Gasteiger partial charge in [0.15, 0.2) is 0 Å². The number of aliphatic carboxylic acids is 2. The largest absolute Gasteiger partial charge is 0.508 e. The fourth-order valence-electron chi connectivity index (χ4n) is 6.80. The van der Waals surface area contributed by atoms with Crippen molar-refractivity contribution in [2.45, 2.75) is 155 Å². The third kappa shape index (κ3) is 23.2. The number of carboxylic acids is 2. The summed E-state index contributed by atoms with van der Waals surface area (Å²) in [4.78, 5) is 168. The van der Waals surface area contributed by atoms with Crippen LogP contribution in [-0.4, -0.2) is 153 Å². The molecule has 0 heterocycles. The predicted molar refractivity (Wildman–Crippen MR) is 265 cm³/mol. The monoisotopic (exact) mass is 1060 g/mol. The van der Waals surface area contributed by atoms with Gasteiger partial charge in [-0.25, -0.2) is 0 Å². The zero-order valence-corrected chi connectivity index (χ0v) is 43.3. The molecule has 11 atom stereocenters. The molecule has 0 aromatic heterocycles. The Morgan fingerprint density at radius 1 is 0.493 bits per heavy atom. The average Bonchev–Trinajstić information content (AvgIpc) is 3.33. The lowest BCUT2D eigenvalue weighted by molar-refractivity contribution is -0.142. The van der Waals surface area contributed by atoms with Crippen LogP contribution in [0.25, 0.3) is 0 Å². The summed E-state index contributed by atoms with van der Waals surface area (Å²) in [5.74, 6) is -15.4. The number of benzene rings is 1. The number of carboxylic acid groups (broad SMARTS) is 2. The Labute approximate surface area is 433 Å². The smallest absolute Gasteiger partial charge is 0.322 e. The van der Waals surface area contributed by atoms with Crippen molar-refractivity contribution in [3.05, 3.63) is 29.8 Å². The van der Waals surface area contributed by atoms with E-state index in [1.165, 1.54) is 38.1 Å². The fourth-order valence-corrected chi connectivity index (χ4v) is 6.80. The standard InChI is InChI=1S/C47H74N12O16/c1-9-22(5)37(58-40(68)25(8)52-39(67)24(7)53-42(70)28(15-16-32(48)61)54-45(73)36(50)21(3)4)46(74)57-31(19-34(63)64)43(71)55-29(17-26-11-13-27(60)14-12-26)44(72)59-38(23(6)10-2)47(75)56-30(18-33(49)62)41(69)51-20-35(65)66/h11-14,21-25,28-31,36-38,60H,9-10,15-20,50H2,1-8H3,(H2,48,61)(H2,49,62)(H,51,69)(H,52,67)(H,53,70)(H,54,73)(H,55,71)(H,56,75)(H,57,74)(H,58,68)(H,59,72)(H,63,64)(H,65,66). The molecule has 1 rings (SSSR count). The summed E-state index contributed by atoms with van der Waals surface area (Å²) in [6, 6.07) is -7.84. The number of hydrogen-bond donors (Lipinski definition) is 15. The van der Waals surface area contributed by atoms with Gasteiger partial charge in [-0.3, -0.25) is 62.3 Å². The van der Waals surface area contributed by atoms with Gasteiger partial charge < -0.3 is 80.4 Å². The number of carbonyl (C=O) groups excluding carboxylic acids is 11. The molecule has 418 valence electrons. The van der Waals surface area contributed by atoms with E-state index in [9.17, 15) is 72.5 Å². The Morgan fingerprint density at radius 2 is 0.920 bits per heavy atom. The normalized spacial score (nSPS) is 15.4. The topological polar surface area (TPSA) is 469 Å². The lowest BCUT2D eigenvalue weighted by Crippen LogP contribution is -2.62. The summed E-state index contributed by atoms with van der Waals surface area (Å²) in [5, 5.41) is 50.0.